The lowest BCUT2D eigenvalue weighted by molar-refractivity contribution is -0.124. The zero-order chi connectivity index (χ0) is 17.5. The second-order valence-corrected chi connectivity index (χ2v) is 6.12. The Hall–Kier alpha value is -2.88. The topological polar surface area (TPSA) is 46.9 Å². The van der Waals surface area contributed by atoms with Crippen molar-refractivity contribution < 1.29 is 4.79 Å². The number of benzene rings is 2. The lowest BCUT2D eigenvalue weighted by atomic mass is 9.88. The Morgan fingerprint density at radius 1 is 1.00 bits per heavy atom. The average Bonchev–Trinajstić information content (AvgIpc) is 3.20. The third kappa shape index (κ3) is 4.35. The van der Waals surface area contributed by atoms with Crippen LogP contribution < -0.4 is 5.32 Å². The number of nitrogens with zero attached hydrogens (tertiary/aromatic N) is 2. The van der Waals surface area contributed by atoms with Gasteiger partial charge >= 0.3 is 0 Å². The Bertz CT molecular complexity index is 730. The van der Waals surface area contributed by atoms with Crippen LogP contribution in [0.25, 0.3) is 0 Å². The number of hydrogen-bond donors (Lipinski definition) is 1. The molecule has 2 aromatic carbocycles. The molecule has 0 spiro atoms. The van der Waals surface area contributed by atoms with Crippen LogP contribution in [-0.2, 0) is 4.79 Å². The number of rotatable bonds is 7. The van der Waals surface area contributed by atoms with Gasteiger partial charge in [0.2, 0.25) is 5.91 Å². The molecule has 0 saturated heterocycles. The zero-order valence-corrected chi connectivity index (χ0v) is 14.4. The van der Waals surface area contributed by atoms with Gasteiger partial charge in [-0.1, -0.05) is 60.7 Å². The maximum Gasteiger partial charge on any atom is 0.244 e. The van der Waals surface area contributed by atoms with Crippen LogP contribution in [0, 0.1) is 0 Å². The van der Waals surface area contributed by atoms with Gasteiger partial charge in [0.1, 0.15) is 6.04 Å². The van der Waals surface area contributed by atoms with Crippen molar-refractivity contribution in [1.82, 2.24) is 15.1 Å². The van der Waals surface area contributed by atoms with E-state index in [-0.39, 0.29) is 17.9 Å². The number of aromatic nitrogens is 2. The summed E-state index contributed by atoms with van der Waals surface area (Å²) in [5, 5.41) is 7.17. The smallest absolute Gasteiger partial charge is 0.244 e. The summed E-state index contributed by atoms with van der Waals surface area (Å²) < 4.78 is 1.67. The van der Waals surface area contributed by atoms with E-state index < -0.39 is 0 Å². The van der Waals surface area contributed by atoms with Crippen molar-refractivity contribution in [2.45, 2.75) is 25.3 Å². The van der Waals surface area contributed by atoms with Gasteiger partial charge in [-0.25, -0.2) is 0 Å². The molecule has 0 aliphatic rings. The maximum absolute atomic E-state index is 12.3. The first kappa shape index (κ1) is 17.0. The molecule has 3 rings (SSSR count). The summed E-state index contributed by atoms with van der Waals surface area (Å²) in [5.74, 6) is 0.256. The molecular formula is C21H23N3O. The Labute approximate surface area is 148 Å². The molecule has 1 unspecified atom stereocenters. The van der Waals surface area contributed by atoms with Crippen molar-refractivity contribution >= 4 is 5.91 Å². The van der Waals surface area contributed by atoms with E-state index in [4.69, 9.17) is 0 Å². The van der Waals surface area contributed by atoms with Gasteiger partial charge in [0.25, 0.3) is 0 Å². The second-order valence-electron chi connectivity index (χ2n) is 6.12. The minimum Gasteiger partial charge on any atom is -0.354 e. The van der Waals surface area contributed by atoms with Crippen molar-refractivity contribution in [2.24, 2.45) is 0 Å². The van der Waals surface area contributed by atoms with E-state index in [0.717, 1.165) is 6.42 Å². The lowest BCUT2D eigenvalue weighted by Crippen LogP contribution is -2.32. The summed E-state index contributed by atoms with van der Waals surface area (Å²) in [5.41, 5.74) is 2.53. The summed E-state index contributed by atoms with van der Waals surface area (Å²) in [6.07, 6.45) is 4.34. The van der Waals surface area contributed by atoms with E-state index in [2.05, 4.69) is 58.9 Å². The summed E-state index contributed by atoms with van der Waals surface area (Å²) in [7, 11) is 0. The van der Waals surface area contributed by atoms with Gasteiger partial charge in [-0.2, -0.15) is 5.10 Å². The monoisotopic (exact) mass is 333 g/mol. The predicted octanol–water partition coefficient (Wildman–Crippen LogP) is 3.78. The van der Waals surface area contributed by atoms with Crippen LogP contribution in [0.2, 0.25) is 0 Å². The second kappa shape index (κ2) is 8.29. The number of nitrogens with one attached hydrogen (secondary N) is 1. The molecule has 1 atom stereocenters. The van der Waals surface area contributed by atoms with Gasteiger partial charge in [0, 0.05) is 24.9 Å². The summed E-state index contributed by atoms with van der Waals surface area (Å²) in [6, 6.07) is 22.4. The Kier molecular flexibility index (Phi) is 5.62. The molecule has 4 nitrogen and oxygen atoms in total. The molecule has 4 heteroatoms. The number of amides is 1. The van der Waals surface area contributed by atoms with E-state index >= 15 is 0 Å². The van der Waals surface area contributed by atoms with Crippen LogP contribution in [0.3, 0.4) is 0 Å². The Balaban J connectivity index is 1.64. The number of hydrogen-bond acceptors (Lipinski definition) is 2. The maximum atomic E-state index is 12.3. The minimum absolute atomic E-state index is 0.0106. The average molecular weight is 333 g/mol. The normalized spacial score (nSPS) is 12.1. The third-order valence-electron chi connectivity index (χ3n) is 4.44. The first-order valence-corrected chi connectivity index (χ1v) is 8.62. The molecule has 0 bridgehead atoms. The first-order valence-electron chi connectivity index (χ1n) is 8.62. The van der Waals surface area contributed by atoms with Gasteiger partial charge in [0.15, 0.2) is 0 Å². The van der Waals surface area contributed by atoms with Crippen LogP contribution in [0.15, 0.2) is 79.1 Å². The minimum atomic E-state index is -0.304. The summed E-state index contributed by atoms with van der Waals surface area (Å²) in [4.78, 5) is 12.3. The van der Waals surface area contributed by atoms with Crippen LogP contribution in [0.1, 0.15) is 36.4 Å². The lowest BCUT2D eigenvalue weighted by Gasteiger charge is -2.19. The molecule has 0 aliphatic carbocycles. The van der Waals surface area contributed by atoms with Crippen molar-refractivity contribution in [1.29, 1.82) is 0 Å². The first-order chi connectivity index (χ1) is 12.3. The van der Waals surface area contributed by atoms with E-state index in [1.807, 2.05) is 25.1 Å². The van der Waals surface area contributed by atoms with Crippen molar-refractivity contribution in [3.05, 3.63) is 90.3 Å². The summed E-state index contributed by atoms with van der Waals surface area (Å²) in [6.45, 7) is 2.48. The van der Waals surface area contributed by atoms with E-state index in [0.29, 0.717) is 6.54 Å². The molecule has 0 radical (unpaired) electrons. The molecule has 0 fully saturated rings. The van der Waals surface area contributed by atoms with Crippen LogP contribution in [0.5, 0.6) is 0 Å². The molecular weight excluding hydrogens is 310 g/mol. The largest absolute Gasteiger partial charge is 0.354 e. The van der Waals surface area contributed by atoms with Gasteiger partial charge in [-0.05, 0) is 30.5 Å². The van der Waals surface area contributed by atoms with Crippen molar-refractivity contribution in [2.75, 3.05) is 6.54 Å². The predicted molar refractivity (Wildman–Crippen MR) is 99.3 cm³/mol. The highest BCUT2D eigenvalue weighted by atomic mass is 16.2. The van der Waals surface area contributed by atoms with Crippen LogP contribution >= 0.6 is 0 Å². The fourth-order valence-corrected chi connectivity index (χ4v) is 3.01. The molecule has 0 saturated carbocycles. The zero-order valence-electron chi connectivity index (χ0n) is 14.4. The SMILES string of the molecule is CC(C(=O)NCCC(c1ccccc1)c1ccccc1)n1cccn1. The van der Waals surface area contributed by atoms with Gasteiger partial charge in [-0.15, -0.1) is 0 Å². The Morgan fingerprint density at radius 2 is 1.60 bits per heavy atom. The molecule has 1 amide bonds. The molecule has 128 valence electrons. The number of carbonyl (C=O) groups is 1. The van der Waals surface area contributed by atoms with Gasteiger partial charge in [0.05, 0.1) is 0 Å². The van der Waals surface area contributed by atoms with Crippen LogP contribution in [-0.4, -0.2) is 22.2 Å². The highest BCUT2D eigenvalue weighted by Crippen LogP contribution is 2.27. The quantitative estimate of drug-likeness (QED) is 0.715. The molecule has 1 heterocycles. The Morgan fingerprint density at radius 3 is 2.12 bits per heavy atom. The highest BCUT2D eigenvalue weighted by Gasteiger charge is 2.17. The fourth-order valence-electron chi connectivity index (χ4n) is 3.01. The molecule has 0 aliphatic heterocycles. The van der Waals surface area contributed by atoms with E-state index in [1.165, 1.54) is 11.1 Å². The van der Waals surface area contributed by atoms with Gasteiger partial charge in [-0.3, -0.25) is 9.48 Å². The molecule has 25 heavy (non-hydrogen) atoms. The van der Waals surface area contributed by atoms with Gasteiger partial charge < -0.3 is 5.32 Å². The molecule has 1 aromatic heterocycles. The van der Waals surface area contributed by atoms with Crippen LogP contribution in [0.4, 0.5) is 0 Å². The number of carbonyl (C=O) groups excluding carboxylic acids is 1. The molecule has 1 N–H and O–H groups in total. The van der Waals surface area contributed by atoms with Crippen molar-refractivity contribution in [3.8, 4) is 0 Å². The molecule has 3 aromatic rings. The summed E-state index contributed by atoms with van der Waals surface area (Å²) >= 11 is 0. The standard InChI is InChI=1S/C21H23N3O/c1-17(24-16-8-14-23-24)21(25)22-15-13-20(18-9-4-2-5-10-18)19-11-6-3-7-12-19/h2-12,14,16-17,20H,13,15H2,1H3,(H,22,25). The van der Waals surface area contributed by atoms with E-state index in [1.54, 1.807) is 17.1 Å². The van der Waals surface area contributed by atoms with Crippen molar-refractivity contribution in [3.63, 3.8) is 0 Å². The van der Waals surface area contributed by atoms with E-state index in [9.17, 15) is 4.79 Å². The third-order valence-corrected chi connectivity index (χ3v) is 4.44. The fraction of sp³-hybridized carbons (Fsp3) is 0.238. The highest BCUT2D eigenvalue weighted by molar-refractivity contribution is 5.79.